The maximum absolute atomic E-state index is 11.6. The maximum atomic E-state index is 11.6. The van der Waals surface area contributed by atoms with Gasteiger partial charge in [0.15, 0.2) is 9.84 Å². The van der Waals surface area contributed by atoms with E-state index < -0.39 is 9.84 Å². The van der Waals surface area contributed by atoms with Crippen LogP contribution in [0.25, 0.3) is 10.9 Å². The minimum atomic E-state index is -2.88. The Balaban J connectivity index is 1.36. The molecule has 0 atom stereocenters. The van der Waals surface area contributed by atoms with Crippen molar-refractivity contribution in [2.24, 2.45) is 0 Å². The first-order valence-electron chi connectivity index (χ1n) is 9.31. The van der Waals surface area contributed by atoms with Crippen molar-refractivity contribution < 1.29 is 8.42 Å². The van der Waals surface area contributed by atoms with Crippen LogP contribution in [0.4, 0.5) is 5.82 Å². The molecular formula is C19H26N4O2S. The zero-order valence-corrected chi connectivity index (χ0v) is 16.2. The van der Waals surface area contributed by atoms with Crippen molar-refractivity contribution in [1.29, 1.82) is 0 Å². The van der Waals surface area contributed by atoms with Crippen molar-refractivity contribution in [1.82, 2.24) is 14.9 Å². The van der Waals surface area contributed by atoms with Gasteiger partial charge < -0.3 is 5.32 Å². The van der Waals surface area contributed by atoms with Crippen LogP contribution in [0.3, 0.4) is 0 Å². The zero-order valence-electron chi connectivity index (χ0n) is 15.4. The molecule has 6 nitrogen and oxygen atoms in total. The molecule has 2 aromatic rings. The molecule has 26 heavy (non-hydrogen) atoms. The van der Waals surface area contributed by atoms with E-state index in [0.717, 1.165) is 42.4 Å². The van der Waals surface area contributed by atoms with Crippen LogP contribution in [-0.2, 0) is 9.84 Å². The molecule has 4 rings (SSSR count). The normalized spacial score (nSPS) is 25.2. The molecule has 1 aromatic heterocycles. The number of rotatable bonds is 4. The van der Waals surface area contributed by atoms with Crippen LogP contribution >= 0.6 is 0 Å². The third-order valence-electron chi connectivity index (χ3n) is 5.83. The number of aromatic nitrogens is 2. The van der Waals surface area contributed by atoms with Crippen LogP contribution in [-0.4, -0.2) is 60.0 Å². The number of nitrogens with zero attached hydrogens (tertiary/aromatic N) is 3. The van der Waals surface area contributed by atoms with Crippen molar-refractivity contribution >= 4 is 26.6 Å². The second-order valence-electron chi connectivity index (χ2n) is 7.80. The highest BCUT2D eigenvalue weighted by Crippen LogP contribution is 2.30. The third-order valence-corrected chi connectivity index (χ3v) is 7.34. The second-order valence-corrected chi connectivity index (χ2v) is 10.1. The van der Waals surface area contributed by atoms with Gasteiger partial charge >= 0.3 is 0 Å². The molecule has 1 saturated heterocycles. The van der Waals surface area contributed by atoms with Gasteiger partial charge in [0.25, 0.3) is 0 Å². The minimum absolute atomic E-state index is 0.158. The predicted octanol–water partition coefficient (Wildman–Crippen LogP) is 2.39. The molecule has 0 spiro atoms. The van der Waals surface area contributed by atoms with Gasteiger partial charge in [-0.15, -0.1) is 0 Å². The maximum Gasteiger partial charge on any atom is 0.152 e. The average Bonchev–Trinajstić information content (AvgIpc) is 2.54. The van der Waals surface area contributed by atoms with Gasteiger partial charge in [0, 0.05) is 36.8 Å². The lowest BCUT2D eigenvalue weighted by molar-refractivity contribution is 0.0922. The Bertz CT molecular complexity index is 901. The van der Waals surface area contributed by atoms with E-state index in [-0.39, 0.29) is 5.25 Å². The van der Waals surface area contributed by atoms with Gasteiger partial charge in [0.2, 0.25) is 0 Å². The van der Waals surface area contributed by atoms with Crippen LogP contribution in [0.1, 0.15) is 31.2 Å². The van der Waals surface area contributed by atoms with E-state index >= 15 is 0 Å². The molecule has 1 aliphatic heterocycles. The van der Waals surface area contributed by atoms with E-state index in [1.165, 1.54) is 11.8 Å². The molecule has 1 N–H and O–H groups in total. The summed E-state index contributed by atoms with van der Waals surface area (Å²) >= 11 is 0. The van der Waals surface area contributed by atoms with Gasteiger partial charge in [0.1, 0.15) is 12.1 Å². The van der Waals surface area contributed by atoms with Gasteiger partial charge in [-0.05, 0) is 44.7 Å². The molecule has 0 amide bonds. The van der Waals surface area contributed by atoms with E-state index in [2.05, 4.69) is 39.2 Å². The van der Waals surface area contributed by atoms with Gasteiger partial charge in [0.05, 0.1) is 10.8 Å². The van der Waals surface area contributed by atoms with Crippen molar-refractivity contribution in [2.45, 2.75) is 49.9 Å². The molecule has 2 fully saturated rings. The summed E-state index contributed by atoms with van der Waals surface area (Å²) in [6.07, 6.45) is 7.36. The summed E-state index contributed by atoms with van der Waals surface area (Å²) in [5, 5.41) is 4.53. The van der Waals surface area contributed by atoms with Crippen molar-refractivity contribution in [3.05, 3.63) is 30.1 Å². The molecule has 0 radical (unpaired) electrons. The summed E-state index contributed by atoms with van der Waals surface area (Å²) in [7, 11) is -2.88. The number of sulfone groups is 1. The lowest BCUT2D eigenvalue weighted by atomic mass is 9.88. The van der Waals surface area contributed by atoms with E-state index in [4.69, 9.17) is 0 Å². The first-order valence-corrected chi connectivity index (χ1v) is 11.3. The molecule has 7 heteroatoms. The Morgan fingerprint density at radius 2 is 1.85 bits per heavy atom. The monoisotopic (exact) mass is 374 g/mol. The quantitative estimate of drug-likeness (QED) is 0.886. The lowest BCUT2D eigenvalue weighted by Gasteiger charge is -2.45. The number of fused-ring (bicyclic) bond motifs is 1. The third kappa shape index (κ3) is 3.55. The summed E-state index contributed by atoms with van der Waals surface area (Å²) in [6, 6.07) is 7.18. The zero-order chi connectivity index (χ0) is 18.3. The minimum Gasteiger partial charge on any atom is -0.367 e. The molecule has 2 heterocycles. The summed E-state index contributed by atoms with van der Waals surface area (Å²) < 4.78 is 23.2. The number of hydrogen-bond acceptors (Lipinski definition) is 6. The fourth-order valence-electron chi connectivity index (χ4n) is 4.10. The van der Waals surface area contributed by atoms with E-state index in [1.54, 1.807) is 6.33 Å². The highest BCUT2D eigenvalue weighted by Gasteiger charge is 2.39. The molecule has 2 aliphatic rings. The van der Waals surface area contributed by atoms with Crippen LogP contribution in [0.15, 0.2) is 24.5 Å². The SMILES string of the molecule is Cc1ccc2ncnc(NC3CCC(N4CC(S(C)(=O)=O)C4)CC3)c2c1. The Labute approximate surface area is 154 Å². The fourth-order valence-corrected chi connectivity index (χ4v) is 5.03. The Morgan fingerprint density at radius 3 is 2.54 bits per heavy atom. The van der Waals surface area contributed by atoms with Crippen molar-refractivity contribution in [3.8, 4) is 0 Å². The number of anilines is 1. The lowest BCUT2D eigenvalue weighted by Crippen LogP contribution is -2.59. The molecule has 1 aliphatic carbocycles. The molecule has 140 valence electrons. The predicted molar refractivity (Wildman–Crippen MR) is 104 cm³/mol. The highest BCUT2D eigenvalue weighted by atomic mass is 32.2. The van der Waals surface area contributed by atoms with Crippen LogP contribution < -0.4 is 5.32 Å². The number of aryl methyl sites for hydroxylation is 1. The highest BCUT2D eigenvalue weighted by molar-refractivity contribution is 7.91. The van der Waals surface area contributed by atoms with Gasteiger partial charge in [-0.3, -0.25) is 4.90 Å². The summed E-state index contributed by atoms with van der Waals surface area (Å²) in [6.45, 7) is 3.49. The molecule has 0 bridgehead atoms. The Kier molecular flexibility index (Phi) is 4.61. The number of likely N-dealkylation sites (tertiary alicyclic amines) is 1. The second kappa shape index (κ2) is 6.78. The number of benzene rings is 1. The smallest absolute Gasteiger partial charge is 0.152 e. The van der Waals surface area contributed by atoms with Crippen LogP contribution in [0.2, 0.25) is 0 Å². The first-order chi connectivity index (χ1) is 12.4. The molecule has 0 unspecified atom stereocenters. The van der Waals surface area contributed by atoms with Crippen LogP contribution in [0.5, 0.6) is 0 Å². The summed E-state index contributed by atoms with van der Waals surface area (Å²) in [4.78, 5) is 11.1. The largest absolute Gasteiger partial charge is 0.367 e. The van der Waals surface area contributed by atoms with E-state index in [9.17, 15) is 8.42 Å². The molecule has 1 saturated carbocycles. The standard InChI is InChI=1S/C19H26N4O2S/c1-13-3-8-18-17(9-13)19(21-12-20-18)22-14-4-6-15(7-5-14)23-10-16(11-23)26(2,24)25/h3,8-9,12,14-16H,4-7,10-11H2,1-2H3,(H,20,21,22). The molecule has 1 aromatic carbocycles. The average molecular weight is 375 g/mol. The van der Waals surface area contributed by atoms with Crippen LogP contribution in [0, 0.1) is 6.92 Å². The molecular weight excluding hydrogens is 348 g/mol. The Morgan fingerprint density at radius 1 is 1.12 bits per heavy atom. The van der Waals surface area contributed by atoms with Gasteiger partial charge in [-0.2, -0.15) is 0 Å². The summed E-state index contributed by atoms with van der Waals surface area (Å²) in [5.41, 5.74) is 2.17. The van der Waals surface area contributed by atoms with Gasteiger partial charge in [-0.1, -0.05) is 11.6 Å². The Hall–Kier alpha value is -1.73. The topological polar surface area (TPSA) is 75.2 Å². The van der Waals surface area contributed by atoms with E-state index in [1.807, 2.05) is 6.07 Å². The first kappa shape index (κ1) is 17.7. The fraction of sp³-hybridized carbons (Fsp3) is 0.579. The number of hydrogen-bond donors (Lipinski definition) is 1. The van der Waals surface area contributed by atoms with Gasteiger partial charge in [-0.25, -0.2) is 18.4 Å². The van der Waals surface area contributed by atoms with Crippen molar-refractivity contribution in [3.63, 3.8) is 0 Å². The number of nitrogens with one attached hydrogen (secondary N) is 1. The van der Waals surface area contributed by atoms with Crippen molar-refractivity contribution in [2.75, 3.05) is 24.7 Å². The summed E-state index contributed by atoms with van der Waals surface area (Å²) in [5.74, 6) is 0.920. The van der Waals surface area contributed by atoms with E-state index in [0.29, 0.717) is 25.2 Å².